The van der Waals surface area contributed by atoms with E-state index in [0.717, 1.165) is 60.8 Å². The van der Waals surface area contributed by atoms with Crippen LogP contribution in [0.5, 0.6) is 0 Å². The van der Waals surface area contributed by atoms with Gasteiger partial charge in [-0.3, -0.25) is 10.1 Å². The number of amides is 1. The molecule has 5 nitrogen and oxygen atoms in total. The van der Waals surface area contributed by atoms with Gasteiger partial charge in [0.25, 0.3) is 5.91 Å². The molecule has 4 rings (SSSR count). The van der Waals surface area contributed by atoms with Crippen molar-refractivity contribution in [2.45, 2.75) is 39.3 Å². The monoisotopic (exact) mass is 417 g/mol. The lowest BCUT2D eigenvalue weighted by Gasteiger charge is -2.14. The van der Waals surface area contributed by atoms with E-state index in [4.69, 9.17) is 4.74 Å². The zero-order valence-corrected chi connectivity index (χ0v) is 17.0. The maximum absolute atomic E-state index is 13.8. The number of carbonyl (C=O) groups is 1. The summed E-state index contributed by atoms with van der Waals surface area (Å²) >= 11 is 1.26. The fourth-order valence-electron chi connectivity index (χ4n) is 3.63. The molecule has 0 aliphatic carbocycles. The fourth-order valence-corrected chi connectivity index (χ4v) is 4.33. The summed E-state index contributed by atoms with van der Waals surface area (Å²) < 4.78 is 34.8. The van der Waals surface area contributed by atoms with E-state index in [1.54, 1.807) is 0 Å². The fraction of sp³-hybridized carbons (Fsp3) is 0.333. The van der Waals surface area contributed by atoms with Gasteiger partial charge in [0.2, 0.25) is 0 Å². The number of nitrogens with zero attached hydrogens (tertiary/aromatic N) is 2. The van der Waals surface area contributed by atoms with Crippen molar-refractivity contribution in [2.24, 2.45) is 0 Å². The van der Waals surface area contributed by atoms with E-state index >= 15 is 0 Å². The van der Waals surface area contributed by atoms with Gasteiger partial charge in [0.15, 0.2) is 5.13 Å². The van der Waals surface area contributed by atoms with E-state index in [1.165, 1.54) is 11.3 Å². The van der Waals surface area contributed by atoms with Crippen LogP contribution in [0.2, 0.25) is 0 Å². The van der Waals surface area contributed by atoms with Gasteiger partial charge < -0.3 is 9.30 Å². The van der Waals surface area contributed by atoms with Gasteiger partial charge in [-0.15, -0.1) is 11.3 Å². The van der Waals surface area contributed by atoms with Crippen LogP contribution < -0.4 is 5.32 Å². The third-order valence-electron chi connectivity index (χ3n) is 5.16. The first kappa shape index (κ1) is 19.7. The van der Waals surface area contributed by atoms with Crippen LogP contribution in [0, 0.1) is 25.5 Å². The Balaban J connectivity index is 1.52. The van der Waals surface area contributed by atoms with Crippen LogP contribution in [-0.4, -0.2) is 28.2 Å². The van der Waals surface area contributed by atoms with Gasteiger partial charge in [-0.1, -0.05) is 0 Å². The zero-order chi connectivity index (χ0) is 20.5. The maximum Gasteiger partial charge on any atom is 0.260 e. The molecule has 1 unspecified atom stereocenters. The van der Waals surface area contributed by atoms with E-state index in [2.05, 4.69) is 27.9 Å². The molecule has 0 radical (unpaired) electrons. The number of nitrogens with one attached hydrogen (secondary N) is 1. The summed E-state index contributed by atoms with van der Waals surface area (Å²) in [5.74, 6) is -2.29. The second-order valence-corrected chi connectivity index (χ2v) is 8.00. The third-order valence-corrected chi connectivity index (χ3v) is 5.92. The Hall–Kier alpha value is -2.58. The quantitative estimate of drug-likeness (QED) is 0.640. The molecule has 1 atom stereocenters. The molecule has 29 heavy (non-hydrogen) atoms. The molecule has 1 fully saturated rings. The van der Waals surface area contributed by atoms with Gasteiger partial charge in [0.05, 0.1) is 17.4 Å². The van der Waals surface area contributed by atoms with Gasteiger partial charge >= 0.3 is 0 Å². The number of benzene rings is 1. The first-order chi connectivity index (χ1) is 13.9. The van der Waals surface area contributed by atoms with Crippen molar-refractivity contribution in [1.82, 2.24) is 9.55 Å². The lowest BCUT2D eigenvalue weighted by atomic mass is 10.2. The molecule has 1 saturated heterocycles. The Labute approximate surface area is 171 Å². The minimum Gasteiger partial charge on any atom is -0.376 e. The largest absolute Gasteiger partial charge is 0.376 e. The van der Waals surface area contributed by atoms with Crippen LogP contribution in [0.3, 0.4) is 0 Å². The maximum atomic E-state index is 13.8. The molecule has 3 heterocycles. The van der Waals surface area contributed by atoms with E-state index in [9.17, 15) is 13.6 Å². The summed E-state index contributed by atoms with van der Waals surface area (Å²) in [7, 11) is 0. The SMILES string of the molecule is Cc1cc(-c2csc(NC(=O)c3ccc(F)cc3F)n2)c(C)n1CC1CCCO1. The molecule has 2 aromatic heterocycles. The smallest absolute Gasteiger partial charge is 0.260 e. The van der Waals surface area contributed by atoms with Crippen molar-refractivity contribution in [1.29, 1.82) is 0 Å². The van der Waals surface area contributed by atoms with Gasteiger partial charge in [-0.2, -0.15) is 0 Å². The molecular weight excluding hydrogens is 396 g/mol. The van der Waals surface area contributed by atoms with Crippen LogP contribution >= 0.6 is 11.3 Å². The van der Waals surface area contributed by atoms with Crippen molar-refractivity contribution in [2.75, 3.05) is 11.9 Å². The summed E-state index contributed by atoms with van der Waals surface area (Å²) in [6.07, 6.45) is 2.41. The molecule has 1 N–H and O–H groups in total. The minimum absolute atomic E-state index is 0.224. The van der Waals surface area contributed by atoms with Crippen molar-refractivity contribution in [3.05, 3.63) is 58.2 Å². The van der Waals surface area contributed by atoms with E-state index < -0.39 is 17.5 Å². The van der Waals surface area contributed by atoms with Gasteiger partial charge in [0.1, 0.15) is 11.6 Å². The van der Waals surface area contributed by atoms with Crippen LogP contribution in [0.25, 0.3) is 11.3 Å². The van der Waals surface area contributed by atoms with Crippen molar-refractivity contribution < 1.29 is 18.3 Å². The first-order valence-electron chi connectivity index (χ1n) is 9.43. The third kappa shape index (κ3) is 4.09. The lowest BCUT2D eigenvalue weighted by Crippen LogP contribution is -2.16. The number of rotatable bonds is 5. The minimum atomic E-state index is -0.906. The van der Waals surface area contributed by atoms with Crippen molar-refractivity contribution in [3.63, 3.8) is 0 Å². The summed E-state index contributed by atoms with van der Waals surface area (Å²) in [6.45, 7) is 5.73. The van der Waals surface area contributed by atoms with Crippen molar-refractivity contribution >= 4 is 22.4 Å². The second-order valence-electron chi connectivity index (χ2n) is 7.15. The summed E-state index contributed by atoms with van der Waals surface area (Å²) in [5.41, 5.74) is 3.73. The molecular formula is C21H21F2N3O2S. The van der Waals surface area contributed by atoms with Crippen molar-refractivity contribution in [3.8, 4) is 11.3 Å². The average molecular weight is 417 g/mol. The second kappa shape index (κ2) is 8.04. The molecule has 1 amide bonds. The highest BCUT2D eigenvalue weighted by Crippen LogP contribution is 2.31. The zero-order valence-electron chi connectivity index (χ0n) is 16.2. The number of hydrogen-bond donors (Lipinski definition) is 1. The Morgan fingerprint density at radius 2 is 2.17 bits per heavy atom. The van der Waals surface area contributed by atoms with Crippen LogP contribution in [-0.2, 0) is 11.3 Å². The number of anilines is 1. The molecule has 0 spiro atoms. The predicted octanol–water partition coefficient (Wildman–Crippen LogP) is 4.94. The Morgan fingerprint density at radius 3 is 2.90 bits per heavy atom. The standard InChI is InChI=1S/C21H21F2N3O2S/c1-12-8-17(13(2)26(12)10-15-4-3-7-28-15)19-11-29-21(24-19)25-20(27)16-6-5-14(22)9-18(16)23/h5-6,8-9,11,15H,3-4,7,10H2,1-2H3,(H,24,25,27). The molecule has 0 bridgehead atoms. The molecule has 1 aliphatic rings. The molecule has 152 valence electrons. The summed E-state index contributed by atoms with van der Waals surface area (Å²) in [4.78, 5) is 16.8. The predicted molar refractivity (Wildman–Crippen MR) is 108 cm³/mol. The highest BCUT2D eigenvalue weighted by Gasteiger charge is 2.21. The number of halogens is 2. The van der Waals surface area contributed by atoms with Gasteiger partial charge in [0, 0.05) is 41.5 Å². The van der Waals surface area contributed by atoms with E-state index in [-0.39, 0.29) is 11.7 Å². The number of hydrogen-bond acceptors (Lipinski definition) is 4. The highest BCUT2D eigenvalue weighted by atomic mass is 32.1. The number of thiazole rings is 1. The first-order valence-corrected chi connectivity index (χ1v) is 10.3. The number of aryl methyl sites for hydroxylation is 1. The van der Waals surface area contributed by atoms with Crippen LogP contribution in [0.15, 0.2) is 29.6 Å². The molecule has 8 heteroatoms. The lowest BCUT2D eigenvalue weighted by molar-refractivity contribution is 0.0962. The van der Waals surface area contributed by atoms with E-state index in [1.807, 2.05) is 12.3 Å². The summed E-state index contributed by atoms with van der Waals surface area (Å²) in [5, 5.41) is 4.80. The number of aromatic nitrogens is 2. The Bertz CT molecular complexity index is 1050. The number of ether oxygens (including phenoxy) is 1. The van der Waals surface area contributed by atoms with E-state index in [0.29, 0.717) is 11.2 Å². The topological polar surface area (TPSA) is 56.2 Å². The molecule has 1 aromatic carbocycles. The molecule has 1 aliphatic heterocycles. The number of carbonyl (C=O) groups excluding carboxylic acids is 1. The van der Waals surface area contributed by atoms with Gasteiger partial charge in [-0.25, -0.2) is 13.8 Å². The Morgan fingerprint density at radius 1 is 1.34 bits per heavy atom. The molecule has 0 saturated carbocycles. The van der Waals surface area contributed by atoms with Crippen LogP contribution in [0.4, 0.5) is 13.9 Å². The normalized spacial score (nSPS) is 16.3. The summed E-state index contributed by atoms with van der Waals surface area (Å²) in [6, 6.07) is 4.93. The molecule has 3 aromatic rings. The average Bonchev–Trinajstić information content (AvgIpc) is 3.40. The Kier molecular flexibility index (Phi) is 5.47. The van der Waals surface area contributed by atoms with Gasteiger partial charge in [-0.05, 0) is 44.9 Å². The highest BCUT2D eigenvalue weighted by molar-refractivity contribution is 7.14. The van der Waals surface area contributed by atoms with Crippen LogP contribution in [0.1, 0.15) is 34.6 Å².